The van der Waals surface area contributed by atoms with Crippen LogP contribution in [0.4, 0.5) is 0 Å². The summed E-state index contributed by atoms with van der Waals surface area (Å²) >= 11 is 0. The number of carbonyl (C=O) groups excluding carboxylic acids is 1. The lowest BCUT2D eigenvalue weighted by Gasteiger charge is -2.18. The van der Waals surface area contributed by atoms with E-state index < -0.39 is 9.84 Å². The van der Waals surface area contributed by atoms with Gasteiger partial charge < -0.3 is 4.90 Å². The van der Waals surface area contributed by atoms with Gasteiger partial charge in [0.1, 0.15) is 0 Å². The second-order valence-electron chi connectivity index (χ2n) is 6.13. The predicted molar refractivity (Wildman–Crippen MR) is 89.8 cm³/mol. The molecule has 23 heavy (non-hydrogen) atoms. The van der Waals surface area contributed by atoms with E-state index in [2.05, 4.69) is 5.10 Å². The number of rotatable bonds is 8. The summed E-state index contributed by atoms with van der Waals surface area (Å²) in [4.78, 5) is 13.6. The van der Waals surface area contributed by atoms with Crippen LogP contribution in [0.25, 0.3) is 0 Å². The fraction of sp³-hybridized carbons (Fsp3) is 0.750. The quantitative estimate of drug-likeness (QED) is 0.726. The standard InChI is InChI=1S/C16H27N3O3S/c1-3-18(4-2)16(20)10-12-23(21,22)13-14-9-11-19(17-14)15-7-5-6-8-15/h9,11,15H,3-8,10,12-13H2,1-2H3. The minimum absolute atomic E-state index is 0.0490. The third-order valence-electron chi connectivity index (χ3n) is 4.47. The van der Waals surface area contributed by atoms with Gasteiger partial charge in [0.15, 0.2) is 9.84 Å². The molecule has 1 amide bonds. The van der Waals surface area contributed by atoms with E-state index in [1.165, 1.54) is 12.8 Å². The van der Waals surface area contributed by atoms with Crippen molar-refractivity contribution in [2.75, 3.05) is 18.8 Å². The summed E-state index contributed by atoms with van der Waals surface area (Å²) in [5.41, 5.74) is 0.576. The van der Waals surface area contributed by atoms with Crippen molar-refractivity contribution in [3.05, 3.63) is 18.0 Å². The summed E-state index contributed by atoms with van der Waals surface area (Å²) in [7, 11) is -3.31. The molecule has 1 heterocycles. The lowest BCUT2D eigenvalue weighted by atomic mass is 10.3. The second-order valence-corrected chi connectivity index (χ2v) is 8.32. The number of carbonyl (C=O) groups is 1. The highest BCUT2D eigenvalue weighted by atomic mass is 32.2. The Bertz CT molecular complexity index is 614. The molecule has 1 aromatic heterocycles. The van der Waals surface area contributed by atoms with Gasteiger partial charge >= 0.3 is 0 Å². The van der Waals surface area contributed by atoms with Gasteiger partial charge in [-0.15, -0.1) is 0 Å². The molecule has 0 unspecified atom stereocenters. The van der Waals surface area contributed by atoms with Crippen LogP contribution in [0.3, 0.4) is 0 Å². The molecule has 0 saturated heterocycles. The van der Waals surface area contributed by atoms with Crippen molar-refractivity contribution >= 4 is 15.7 Å². The molecule has 0 spiro atoms. The van der Waals surface area contributed by atoms with Crippen LogP contribution in [0.15, 0.2) is 12.3 Å². The molecule has 1 fully saturated rings. The third kappa shape index (κ3) is 5.06. The van der Waals surface area contributed by atoms with Crippen LogP contribution >= 0.6 is 0 Å². The molecule has 0 N–H and O–H groups in total. The zero-order valence-corrected chi connectivity index (χ0v) is 14.9. The first-order valence-corrected chi connectivity index (χ1v) is 10.3. The van der Waals surface area contributed by atoms with E-state index in [0.29, 0.717) is 24.8 Å². The highest BCUT2D eigenvalue weighted by Crippen LogP contribution is 2.28. The van der Waals surface area contributed by atoms with Gasteiger partial charge in [0, 0.05) is 25.7 Å². The monoisotopic (exact) mass is 341 g/mol. The average molecular weight is 341 g/mol. The first-order valence-electron chi connectivity index (χ1n) is 8.47. The number of amides is 1. The van der Waals surface area contributed by atoms with Crippen molar-refractivity contribution in [2.45, 2.75) is 57.7 Å². The lowest BCUT2D eigenvalue weighted by molar-refractivity contribution is -0.130. The number of hydrogen-bond donors (Lipinski definition) is 0. The van der Waals surface area contributed by atoms with Gasteiger partial charge in [0.05, 0.1) is 23.2 Å². The number of hydrogen-bond acceptors (Lipinski definition) is 4. The summed E-state index contributed by atoms with van der Waals surface area (Å²) in [6, 6.07) is 2.19. The van der Waals surface area contributed by atoms with Crippen LogP contribution in [0.5, 0.6) is 0 Å². The van der Waals surface area contributed by atoms with Crippen molar-refractivity contribution in [3.8, 4) is 0 Å². The van der Waals surface area contributed by atoms with Crippen molar-refractivity contribution in [2.24, 2.45) is 0 Å². The molecule has 2 rings (SSSR count). The van der Waals surface area contributed by atoms with Crippen molar-refractivity contribution < 1.29 is 13.2 Å². The predicted octanol–water partition coefficient (Wildman–Crippen LogP) is 2.17. The Kier molecular flexibility index (Phi) is 6.21. The molecule has 0 bridgehead atoms. The molecule has 6 nitrogen and oxygen atoms in total. The average Bonchev–Trinajstić information content (AvgIpc) is 3.17. The van der Waals surface area contributed by atoms with Gasteiger partial charge in [-0.3, -0.25) is 9.48 Å². The summed E-state index contributed by atoms with van der Waals surface area (Å²) < 4.78 is 26.3. The molecular weight excluding hydrogens is 314 g/mol. The summed E-state index contributed by atoms with van der Waals surface area (Å²) in [6.07, 6.45) is 6.59. The molecule has 0 radical (unpaired) electrons. The Morgan fingerprint density at radius 3 is 2.57 bits per heavy atom. The molecule has 1 aliphatic carbocycles. The SMILES string of the molecule is CCN(CC)C(=O)CCS(=O)(=O)Cc1ccn(C2CCCC2)n1. The molecule has 1 saturated carbocycles. The van der Waals surface area contributed by atoms with Gasteiger partial charge in [0.2, 0.25) is 5.91 Å². The zero-order chi connectivity index (χ0) is 16.9. The van der Waals surface area contributed by atoms with E-state index in [0.717, 1.165) is 12.8 Å². The van der Waals surface area contributed by atoms with Gasteiger partial charge in [-0.05, 0) is 32.8 Å². The molecule has 7 heteroatoms. The van der Waals surface area contributed by atoms with Gasteiger partial charge in [0.25, 0.3) is 0 Å². The molecular formula is C16H27N3O3S. The fourth-order valence-electron chi connectivity index (χ4n) is 3.10. The van der Waals surface area contributed by atoms with E-state index in [-0.39, 0.29) is 23.8 Å². The summed E-state index contributed by atoms with van der Waals surface area (Å²) in [5, 5.41) is 4.41. The Hall–Kier alpha value is -1.37. The number of sulfone groups is 1. The minimum atomic E-state index is -3.31. The Labute approximate surface area is 138 Å². The first-order chi connectivity index (χ1) is 10.9. The van der Waals surface area contributed by atoms with Crippen molar-refractivity contribution in [1.82, 2.24) is 14.7 Å². The van der Waals surface area contributed by atoms with Crippen LogP contribution < -0.4 is 0 Å². The molecule has 0 atom stereocenters. The van der Waals surface area contributed by atoms with E-state index >= 15 is 0 Å². The second kappa shape index (κ2) is 7.95. The van der Waals surface area contributed by atoms with Crippen LogP contribution in [0.1, 0.15) is 57.7 Å². The molecule has 0 aliphatic heterocycles. The number of nitrogens with zero attached hydrogens (tertiary/aromatic N) is 3. The van der Waals surface area contributed by atoms with Gasteiger partial charge in [-0.2, -0.15) is 5.10 Å². The topological polar surface area (TPSA) is 72.3 Å². The fourth-order valence-corrected chi connectivity index (χ4v) is 4.34. The Morgan fingerprint density at radius 2 is 1.96 bits per heavy atom. The molecule has 1 aromatic rings. The molecule has 130 valence electrons. The van der Waals surface area contributed by atoms with E-state index in [1.54, 1.807) is 11.0 Å². The van der Waals surface area contributed by atoms with E-state index in [1.807, 2.05) is 24.7 Å². The third-order valence-corrected chi connectivity index (χ3v) is 6.03. The van der Waals surface area contributed by atoms with E-state index in [9.17, 15) is 13.2 Å². The van der Waals surface area contributed by atoms with Crippen LogP contribution in [0, 0.1) is 0 Å². The number of aromatic nitrogens is 2. The first kappa shape index (κ1) is 18.0. The highest BCUT2D eigenvalue weighted by Gasteiger charge is 2.21. The van der Waals surface area contributed by atoms with Crippen molar-refractivity contribution in [1.29, 1.82) is 0 Å². The smallest absolute Gasteiger partial charge is 0.223 e. The summed E-state index contributed by atoms with van der Waals surface area (Å²) in [6.45, 7) is 5.01. The maximum absolute atomic E-state index is 12.2. The zero-order valence-electron chi connectivity index (χ0n) is 14.1. The lowest BCUT2D eigenvalue weighted by Crippen LogP contribution is -2.31. The minimum Gasteiger partial charge on any atom is -0.343 e. The maximum Gasteiger partial charge on any atom is 0.223 e. The Morgan fingerprint density at radius 1 is 1.30 bits per heavy atom. The largest absolute Gasteiger partial charge is 0.343 e. The molecule has 0 aromatic carbocycles. The van der Waals surface area contributed by atoms with E-state index in [4.69, 9.17) is 0 Å². The Balaban J connectivity index is 1.89. The van der Waals surface area contributed by atoms with Crippen LogP contribution in [-0.4, -0.2) is 47.8 Å². The van der Waals surface area contributed by atoms with Gasteiger partial charge in [-0.25, -0.2) is 8.42 Å². The van der Waals surface area contributed by atoms with Crippen LogP contribution in [-0.2, 0) is 20.4 Å². The normalized spacial score (nSPS) is 15.9. The molecule has 1 aliphatic rings. The van der Waals surface area contributed by atoms with Gasteiger partial charge in [-0.1, -0.05) is 12.8 Å². The summed E-state index contributed by atoms with van der Waals surface area (Å²) in [5.74, 6) is -0.299. The maximum atomic E-state index is 12.2. The highest BCUT2D eigenvalue weighted by molar-refractivity contribution is 7.90. The van der Waals surface area contributed by atoms with Crippen molar-refractivity contribution in [3.63, 3.8) is 0 Å². The van der Waals surface area contributed by atoms with Crippen LogP contribution in [0.2, 0.25) is 0 Å².